The number of fused-ring (bicyclic) bond motifs is 1. The maximum atomic E-state index is 12.9. The summed E-state index contributed by atoms with van der Waals surface area (Å²) in [6, 6.07) is 7.99. The second kappa shape index (κ2) is 6.12. The molecule has 2 aliphatic heterocycles. The Morgan fingerprint density at radius 2 is 2.09 bits per heavy atom. The Kier molecular flexibility index (Phi) is 4.20. The number of benzene rings is 1. The average molecular weight is 317 g/mol. The molecule has 1 aromatic rings. The fraction of sp³-hybridized carbons (Fsp3) is 0.438. The first kappa shape index (κ1) is 15.1. The molecule has 2 aliphatic rings. The van der Waals surface area contributed by atoms with E-state index in [2.05, 4.69) is 18.1 Å². The Morgan fingerprint density at radius 1 is 1.32 bits per heavy atom. The molecule has 0 bridgehead atoms. The molecule has 22 heavy (non-hydrogen) atoms. The maximum absolute atomic E-state index is 12.9. The number of rotatable bonds is 1. The van der Waals surface area contributed by atoms with E-state index >= 15 is 0 Å². The summed E-state index contributed by atoms with van der Waals surface area (Å²) in [5.74, 6) is -0.126. The third-order valence-electron chi connectivity index (χ3n) is 3.94. The van der Waals surface area contributed by atoms with Crippen LogP contribution >= 0.6 is 11.8 Å². The van der Waals surface area contributed by atoms with Gasteiger partial charge in [-0.25, -0.2) is 5.01 Å². The molecule has 6 heteroatoms. The van der Waals surface area contributed by atoms with Crippen molar-refractivity contribution in [3.8, 4) is 0 Å². The Bertz CT molecular complexity index is 644. The van der Waals surface area contributed by atoms with Gasteiger partial charge in [0.25, 0.3) is 5.91 Å². The molecule has 0 spiro atoms. The zero-order valence-electron chi connectivity index (χ0n) is 12.8. The first-order valence-electron chi connectivity index (χ1n) is 7.48. The van der Waals surface area contributed by atoms with E-state index in [1.165, 1.54) is 5.01 Å². The molecule has 2 amide bonds. The minimum absolute atomic E-state index is 0.0444. The number of thioether (sulfide) groups is 1. The molecule has 0 N–H and O–H groups in total. The highest BCUT2D eigenvalue weighted by Crippen LogP contribution is 2.37. The largest absolute Gasteiger partial charge is 0.306 e. The molecule has 2 heterocycles. The second-order valence-electron chi connectivity index (χ2n) is 5.61. The lowest BCUT2D eigenvalue weighted by atomic mass is 10.1. The van der Waals surface area contributed by atoms with Crippen LogP contribution in [0.2, 0.25) is 0 Å². The summed E-state index contributed by atoms with van der Waals surface area (Å²) in [6.07, 6.45) is 1.71. The number of hydrogen-bond donors (Lipinski definition) is 0. The van der Waals surface area contributed by atoms with Crippen LogP contribution < -0.4 is 4.90 Å². The van der Waals surface area contributed by atoms with Crippen LogP contribution in [0.25, 0.3) is 0 Å². The Morgan fingerprint density at radius 3 is 2.86 bits per heavy atom. The molecule has 1 aromatic carbocycles. The zero-order valence-corrected chi connectivity index (χ0v) is 13.6. The first-order valence-corrected chi connectivity index (χ1v) is 8.36. The van der Waals surface area contributed by atoms with Crippen LogP contribution in [0.15, 0.2) is 34.3 Å². The van der Waals surface area contributed by atoms with Crippen molar-refractivity contribution < 1.29 is 9.59 Å². The lowest BCUT2D eigenvalue weighted by Gasteiger charge is -2.26. The smallest absolute Gasteiger partial charge is 0.274 e. The summed E-state index contributed by atoms with van der Waals surface area (Å²) < 4.78 is 0. The number of hydrazone groups is 1. The fourth-order valence-electron chi connectivity index (χ4n) is 2.68. The van der Waals surface area contributed by atoms with Gasteiger partial charge in [0.15, 0.2) is 0 Å². The fourth-order valence-corrected chi connectivity index (χ4v) is 3.79. The van der Waals surface area contributed by atoms with Crippen LogP contribution in [0.5, 0.6) is 0 Å². The summed E-state index contributed by atoms with van der Waals surface area (Å²) in [5.41, 5.74) is 1.42. The lowest BCUT2D eigenvalue weighted by molar-refractivity contribution is -0.130. The van der Waals surface area contributed by atoms with E-state index in [0.717, 1.165) is 17.0 Å². The van der Waals surface area contributed by atoms with Crippen molar-refractivity contribution >= 4 is 35.0 Å². The minimum Gasteiger partial charge on any atom is -0.306 e. The quantitative estimate of drug-likeness (QED) is 0.800. The monoisotopic (exact) mass is 317 g/mol. The molecular formula is C16H19N3O2S. The van der Waals surface area contributed by atoms with Gasteiger partial charge in [-0.2, -0.15) is 5.10 Å². The second-order valence-corrected chi connectivity index (χ2v) is 7.09. The highest BCUT2D eigenvalue weighted by atomic mass is 32.2. The number of carbonyl (C=O) groups excluding carboxylic acids is 2. The molecule has 5 nitrogen and oxygen atoms in total. The number of para-hydroxylation sites is 1. The van der Waals surface area contributed by atoms with Crippen LogP contribution in [0, 0.1) is 0 Å². The van der Waals surface area contributed by atoms with Crippen LogP contribution in [0.4, 0.5) is 5.69 Å². The van der Waals surface area contributed by atoms with Gasteiger partial charge in [-0.05, 0) is 18.6 Å². The van der Waals surface area contributed by atoms with Gasteiger partial charge in [-0.1, -0.05) is 19.1 Å². The summed E-state index contributed by atoms with van der Waals surface area (Å²) >= 11 is 1.80. The number of anilines is 1. The molecule has 0 fully saturated rings. The number of carbonyl (C=O) groups is 2. The minimum atomic E-state index is -0.0819. The first-order chi connectivity index (χ1) is 10.6. The molecule has 0 saturated carbocycles. The number of amides is 2. The molecule has 3 rings (SSSR count). The van der Waals surface area contributed by atoms with Gasteiger partial charge >= 0.3 is 0 Å². The zero-order chi connectivity index (χ0) is 15.7. The van der Waals surface area contributed by atoms with Crippen molar-refractivity contribution in [3.05, 3.63) is 24.3 Å². The number of hydrogen-bond acceptors (Lipinski definition) is 4. The summed E-state index contributed by atoms with van der Waals surface area (Å²) in [4.78, 5) is 27.3. The third kappa shape index (κ3) is 2.88. The van der Waals surface area contributed by atoms with E-state index in [9.17, 15) is 9.59 Å². The number of nitrogens with zero attached hydrogens (tertiary/aromatic N) is 3. The molecular weight excluding hydrogens is 298 g/mol. The maximum Gasteiger partial charge on any atom is 0.274 e. The lowest BCUT2D eigenvalue weighted by Crippen LogP contribution is -2.41. The van der Waals surface area contributed by atoms with Crippen molar-refractivity contribution in [1.29, 1.82) is 0 Å². The van der Waals surface area contributed by atoms with Gasteiger partial charge in [-0.15, -0.1) is 11.8 Å². The van der Waals surface area contributed by atoms with Crippen molar-refractivity contribution in [2.45, 2.75) is 36.3 Å². The normalized spacial score (nSPS) is 22.0. The van der Waals surface area contributed by atoms with E-state index in [1.54, 1.807) is 18.8 Å². The van der Waals surface area contributed by atoms with E-state index < -0.39 is 0 Å². The summed E-state index contributed by atoms with van der Waals surface area (Å²) in [5, 5.41) is 5.91. The Hall–Kier alpha value is -1.82. The standard InChI is InChI=1S/C16H19N3O2S/c1-11-9-10-19(13-5-3-4-6-14(13)22-11)16(21)12-7-8-15(20)18(2)17-12/h3-6,11H,7-10H2,1-2H3. The predicted molar refractivity (Wildman–Crippen MR) is 88.2 cm³/mol. The van der Waals surface area contributed by atoms with Crippen molar-refractivity contribution in [1.82, 2.24) is 5.01 Å². The van der Waals surface area contributed by atoms with Gasteiger partial charge < -0.3 is 4.90 Å². The predicted octanol–water partition coefficient (Wildman–Crippen LogP) is 2.51. The van der Waals surface area contributed by atoms with Gasteiger partial charge in [-0.3, -0.25) is 9.59 Å². The van der Waals surface area contributed by atoms with E-state index in [4.69, 9.17) is 0 Å². The average Bonchev–Trinajstić information content (AvgIpc) is 2.67. The van der Waals surface area contributed by atoms with Crippen molar-refractivity contribution in [2.75, 3.05) is 18.5 Å². The van der Waals surface area contributed by atoms with Gasteiger partial charge in [0.05, 0.1) is 5.69 Å². The third-order valence-corrected chi connectivity index (χ3v) is 5.18. The van der Waals surface area contributed by atoms with Crippen LogP contribution in [0.1, 0.15) is 26.2 Å². The molecule has 0 radical (unpaired) electrons. The van der Waals surface area contributed by atoms with E-state index in [1.807, 2.05) is 23.1 Å². The van der Waals surface area contributed by atoms with Gasteiger partial charge in [0.1, 0.15) is 5.71 Å². The van der Waals surface area contributed by atoms with Crippen molar-refractivity contribution in [2.24, 2.45) is 5.10 Å². The Labute approximate surface area is 134 Å². The molecule has 0 aromatic heterocycles. The topological polar surface area (TPSA) is 53.0 Å². The van der Waals surface area contributed by atoms with E-state index in [-0.39, 0.29) is 11.8 Å². The van der Waals surface area contributed by atoms with Crippen LogP contribution in [-0.4, -0.2) is 41.4 Å². The van der Waals surface area contributed by atoms with Crippen molar-refractivity contribution in [3.63, 3.8) is 0 Å². The molecule has 1 atom stereocenters. The van der Waals surface area contributed by atoms with Crippen LogP contribution in [0.3, 0.4) is 0 Å². The summed E-state index contributed by atoms with van der Waals surface area (Å²) in [6.45, 7) is 2.86. The van der Waals surface area contributed by atoms with Gasteiger partial charge in [0, 0.05) is 36.6 Å². The Balaban J connectivity index is 1.92. The SMILES string of the molecule is CC1CCN(C(=O)C2=NN(C)C(=O)CC2)c2ccccc2S1. The molecule has 0 saturated heterocycles. The highest BCUT2D eigenvalue weighted by molar-refractivity contribution is 8.00. The van der Waals surface area contributed by atoms with E-state index in [0.29, 0.717) is 30.3 Å². The molecule has 0 aliphatic carbocycles. The van der Waals surface area contributed by atoms with Crippen LogP contribution in [-0.2, 0) is 9.59 Å². The molecule has 116 valence electrons. The summed E-state index contributed by atoms with van der Waals surface area (Å²) in [7, 11) is 1.60. The highest BCUT2D eigenvalue weighted by Gasteiger charge is 2.29. The molecule has 1 unspecified atom stereocenters. The van der Waals surface area contributed by atoms with Gasteiger partial charge in [0.2, 0.25) is 5.91 Å².